The van der Waals surface area contributed by atoms with Crippen molar-refractivity contribution < 1.29 is 4.79 Å². The summed E-state index contributed by atoms with van der Waals surface area (Å²) in [6, 6.07) is 12.2. The number of amides is 1. The predicted molar refractivity (Wildman–Crippen MR) is 110 cm³/mol. The van der Waals surface area contributed by atoms with Crippen LogP contribution in [-0.2, 0) is 17.8 Å². The molecule has 1 amide bonds. The molecule has 0 radical (unpaired) electrons. The molecule has 5 rings (SSSR count). The van der Waals surface area contributed by atoms with Gasteiger partial charge < -0.3 is 5.32 Å². The third-order valence-electron chi connectivity index (χ3n) is 5.41. The number of fused-ring (bicyclic) bond motifs is 4. The molecule has 0 saturated heterocycles. The Labute approximate surface area is 165 Å². The molecule has 0 unspecified atom stereocenters. The van der Waals surface area contributed by atoms with Crippen LogP contribution >= 0.6 is 11.3 Å². The summed E-state index contributed by atoms with van der Waals surface area (Å²) in [4.78, 5) is 26.6. The second-order valence-corrected chi connectivity index (χ2v) is 8.60. The van der Waals surface area contributed by atoms with Crippen LogP contribution in [0, 0.1) is 6.92 Å². The van der Waals surface area contributed by atoms with Crippen LogP contribution in [0.1, 0.15) is 34.9 Å². The fraction of sp³-hybridized carbons (Fsp3) is 0.286. The van der Waals surface area contributed by atoms with Gasteiger partial charge in [-0.25, -0.2) is 4.68 Å². The number of aryl methyl sites for hydroxylation is 2. The molecule has 0 saturated carbocycles. The smallest absolute Gasteiger partial charge is 0.291 e. The van der Waals surface area contributed by atoms with Crippen molar-refractivity contribution in [1.82, 2.24) is 19.5 Å². The highest BCUT2D eigenvalue weighted by Gasteiger charge is 2.22. The normalized spacial score (nSPS) is 16.4. The molecule has 28 heavy (non-hydrogen) atoms. The van der Waals surface area contributed by atoms with Gasteiger partial charge in [0, 0.05) is 4.88 Å². The highest BCUT2D eigenvalue weighted by Crippen LogP contribution is 2.29. The van der Waals surface area contributed by atoms with Crippen LogP contribution in [0.15, 0.2) is 47.5 Å². The fourth-order valence-corrected chi connectivity index (χ4v) is 5.06. The van der Waals surface area contributed by atoms with Gasteiger partial charge in [-0.1, -0.05) is 24.3 Å². The summed E-state index contributed by atoms with van der Waals surface area (Å²) < 4.78 is 4.10. The molecule has 1 aliphatic rings. The third kappa shape index (κ3) is 2.82. The summed E-state index contributed by atoms with van der Waals surface area (Å²) in [5.74, 6) is -0.190. The number of carbonyl (C=O) groups is 1. The van der Waals surface area contributed by atoms with Crippen LogP contribution in [0.3, 0.4) is 0 Å². The first-order chi connectivity index (χ1) is 13.6. The Hall–Kier alpha value is -2.93. The minimum absolute atomic E-state index is 0.00139. The number of hydrogen-bond acceptors (Lipinski definition) is 4. The van der Waals surface area contributed by atoms with E-state index < -0.39 is 0 Å². The average molecular weight is 392 g/mol. The van der Waals surface area contributed by atoms with Gasteiger partial charge in [-0.05, 0) is 49.4 Å². The van der Waals surface area contributed by atoms with E-state index >= 15 is 0 Å². The second-order valence-electron chi connectivity index (χ2n) is 7.31. The maximum Gasteiger partial charge on any atom is 0.291 e. The average Bonchev–Trinajstić information content (AvgIpc) is 3.21. The van der Waals surface area contributed by atoms with Gasteiger partial charge in [-0.3, -0.25) is 14.0 Å². The molecule has 1 atom stereocenters. The molecule has 1 N–H and O–H groups in total. The molecule has 1 aliphatic carbocycles. The zero-order chi connectivity index (χ0) is 19.3. The molecule has 6 nitrogen and oxygen atoms in total. The summed E-state index contributed by atoms with van der Waals surface area (Å²) in [6.45, 7) is 1.96. The minimum atomic E-state index is -0.247. The second kappa shape index (κ2) is 6.60. The van der Waals surface area contributed by atoms with Crippen molar-refractivity contribution in [2.45, 2.75) is 38.8 Å². The lowest BCUT2D eigenvalue weighted by atomic mass is 9.88. The first kappa shape index (κ1) is 17.2. The lowest BCUT2D eigenvalue weighted by molar-refractivity contribution is -0.122. The van der Waals surface area contributed by atoms with Crippen LogP contribution in [0.2, 0.25) is 0 Å². The SMILES string of the molecule is Cc1cc2c(cc3c(=O)n(CC(=O)N[C@@H]4CCCc5ccccc54)ncn32)s1. The number of hydrogen-bond donors (Lipinski definition) is 1. The van der Waals surface area contributed by atoms with Gasteiger partial charge in [-0.15, -0.1) is 11.3 Å². The number of thiophene rings is 1. The van der Waals surface area contributed by atoms with Crippen LogP contribution < -0.4 is 10.9 Å². The van der Waals surface area contributed by atoms with Crippen LogP contribution in [0.25, 0.3) is 15.7 Å². The van der Waals surface area contributed by atoms with E-state index in [2.05, 4.69) is 22.5 Å². The first-order valence-corrected chi connectivity index (χ1v) is 10.3. The Morgan fingerprint density at radius 1 is 1.29 bits per heavy atom. The number of carbonyl (C=O) groups excluding carboxylic acids is 1. The van der Waals surface area contributed by atoms with Crippen LogP contribution in [0.4, 0.5) is 0 Å². The fourth-order valence-electron chi connectivity index (χ4n) is 4.11. The van der Waals surface area contributed by atoms with Crippen molar-refractivity contribution in [3.8, 4) is 0 Å². The number of aromatic nitrogens is 3. The standard InChI is InChI=1S/C21H20N4O2S/c1-13-9-17-19(28-13)10-18-21(27)25(22-12-24(17)18)11-20(26)23-16-8-4-6-14-5-2-3-7-15(14)16/h2-3,5,7,9-10,12,16H,4,6,8,11H2,1H3,(H,23,26)/t16-/m1/s1. The zero-order valence-electron chi connectivity index (χ0n) is 15.5. The van der Waals surface area contributed by atoms with Crippen molar-refractivity contribution in [3.63, 3.8) is 0 Å². The molecule has 0 fully saturated rings. The Balaban J connectivity index is 1.40. The highest BCUT2D eigenvalue weighted by molar-refractivity contribution is 7.19. The molecule has 0 bridgehead atoms. The highest BCUT2D eigenvalue weighted by atomic mass is 32.1. The van der Waals surface area contributed by atoms with Crippen molar-refractivity contribution in [2.75, 3.05) is 0 Å². The molecule has 3 heterocycles. The molecule has 7 heteroatoms. The van der Waals surface area contributed by atoms with Gasteiger partial charge in [0.2, 0.25) is 5.91 Å². The van der Waals surface area contributed by atoms with Gasteiger partial charge in [0.05, 0.1) is 16.3 Å². The van der Waals surface area contributed by atoms with Gasteiger partial charge >= 0.3 is 0 Å². The Morgan fingerprint density at radius 2 is 2.14 bits per heavy atom. The largest absolute Gasteiger partial charge is 0.348 e. The predicted octanol–water partition coefficient (Wildman–Crippen LogP) is 3.21. The number of benzene rings is 1. The minimum Gasteiger partial charge on any atom is -0.348 e. The van der Waals surface area contributed by atoms with Gasteiger partial charge in [0.15, 0.2) is 0 Å². The summed E-state index contributed by atoms with van der Waals surface area (Å²) >= 11 is 1.65. The number of nitrogens with zero attached hydrogens (tertiary/aromatic N) is 3. The van der Waals surface area contributed by atoms with E-state index in [1.807, 2.05) is 31.2 Å². The van der Waals surface area contributed by atoms with Crippen molar-refractivity contribution in [3.05, 3.63) is 69.1 Å². The summed E-state index contributed by atoms with van der Waals surface area (Å²) in [7, 11) is 0. The van der Waals surface area contributed by atoms with Crippen molar-refractivity contribution in [1.29, 1.82) is 0 Å². The van der Waals surface area contributed by atoms with Gasteiger partial charge in [0.1, 0.15) is 18.4 Å². The van der Waals surface area contributed by atoms with E-state index in [9.17, 15) is 9.59 Å². The summed E-state index contributed by atoms with van der Waals surface area (Å²) in [6.07, 6.45) is 4.63. The lowest BCUT2D eigenvalue weighted by Gasteiger charge is -2.26. The van der Waals surface area contributed by atoms with E-state index in [1.54, 1.807) is 22.1 Å². The number of rotatable bonds is 3. The Bertz CT molecular complexity index is 1270. The Morgan fingerprint density at radius 3 is 3.04 bits per heavy atom. The molecular weight excluding hydrogens is 372 g/mol. The third-order valence-corrected chi connectivity index (χ3v) is 6.40. The zero-order valence-corrected chi connectivity index (χ0v) is 16.3. The summed E-state index contributed by atoms with van der Waals surface area (Å²) in [5, 5.41) is 7.31. The lowest BCUT2D eigenvalue weighted by Crippen LogP contribution is -2.37. The molecule has 4 aromatic rings. The molecule has 0 aliphatic heterocycles. The van der Waals surface area contributed by atoms with E-state index in [1.165, 1.54) is 20.7 Å². The topological polar surface area (TPSA) is 68.4 Å². The van der Waals surface area contributed by atoms with E-state index in [-0.39, 0.29) is 24.1 Å². The van der Waals surface area contributed by atoms with Crippen LogP contribution in [-0.4, -0.2) is 20.1 Å². The summed E-state index contributed by atoms with van der Waals surface area (Å²) in [5.41, 5.74) is 3.76. The molecule has 1 aromatic carbocycles. The van der Waals surface area contributed by atoms with E-state index in [0.717, 1.165) is 29.5 Å². The Kier molecular flexibility index (Phi) is 4.05. The first-order valence-electron chi connectivity index (χ1n) is 9.44. The van der Waals surface area contributed by atoms with Gasteiger partial charge in [-0.2, -0.15) is 5.10 Å². The van der Waals surface area contributed by atoms with Crippen molar-refractivity contribution in [2.24, 2.45) is 0 Å². The number of nitrogens with one attached hydrogen (secondary N) is 1. The van der Waals surface area contributed by atoms with E-state index in [0.29, 0.717) is 5.52 Å². The molecular formula is C21H20N4O2S. The van der Waals surface area contributed by atoms with Crippen molar-refractivity contribution >= 4 is 33.0 Å². The monoisotopic (exact) mass is 392 g/mol. The van der Waals surface area contributed by atoms with E-state index in [4.69, 9.17) is 0 Å². The molecule has 142 valence electrons. The van der Waals surface area contributed by atoms with Gasteiger partial charge in [0.25, 0.3) is 5.56 Å². The maximum atomic E-state index is 12.8. The maximum absolute atomic E-state index is 12.8. The molecule has 3 aromatic heterocycles. The quantitative estimate of drug-likeness (QED) is 0.582. The molecule has 0 spiro atoms. The van der Waals surface area contributed by atoms with Crippen LogP contribution in [0.5, 0.6) is 0 Å².